The molecule has 1 fully saturated rings. The second-order valence-corrected chi connectivity index (χ2v) is 8.13. The highest BCUT2D eigenvalue weighted by molar-refractivity contribution is 14.0. The third kappa shape index (κ3) is 9.28. The fraction of sp³-hybridized carbons (Fsp3) is 0.950. The Bertz CT molecular complexity index is 401. The lowest BCUT2D eigenvalue weighted by atomic mass is 9.89. The summed E-state index contributed by atoms with van der Waals surface area (Å²) < 4.78 is 5.56. The number of halogens is 1. The van der Waals surface area contributed by atoms with Crippen molar-refractivity contribution in [3.05, 3.63) is 0 Å². The second-order valence-electron chi connectivity index (χ2n) is 8.13. The number of hydrogen-bond acceptors (Lipinski definition) is 4. The van der Waals surface area contributed by atoms with Crippen molar-refractivity contribution >= 4 is 29.9 Å². The highest BCUT2D eigenvalue weighted by Crippen LogP contribution is 2.26. The monoisotopic (exact) mass is 497 g/mol. The molecular weight excluding hydrogens is 453 g/mol. The summed E-state index contributed by atoms with van der Waals surface area (Å²) in [6, 6.07) is 1.18. The van der Waals surface area contributed by atoms with Gasteiger partial charge in [-0.2, -0.15) is 0 Å². The maximum absolute atomic E-state index is 5.56. The van der Waals surface area contributed by atoms with E-state index in [1.165, 1.54) is 0 Å². The van der Waals surface area contributed by atoms with E-state index >= 15 is 0 Å². The Labute approximate surface area is 184 Å². The lowest BCUT2D eigenvalue weighted by Crippen LogP contribution is -2.51. The lowest BCUT2D eigenvalue weighted by Gasteiger charge is -2.41. The van der Waals surface area contributed by atoms with Crippen molar-refractivity contribution in [3.63, 3.8) is 0 Å². The molecule has 6 nitrogen and oxygen atoms in total. The van der Waals surface area contributed by atoms with Gasteiger partial charge in [0.15, 0.2) is 5.96 Å². The molecule has 0 radical (unpaired) electrons. The average molecular weight is 498 g/mol. The lowest BCUT2D eigenvalue weighted by molar-refractivity contribution is -0.00254. The van der Waals surface area contributed by atoms with E-state index in [9.17, 15) is 0 Å². The summed E-state index contributed by atoms with van der Waals surface area (Å²) in [5.74, 6) is 0.931. The van der Waals surface area contributed by atoms with Crippen LogP contribution in [0.2, 0.25) is 0 Å². The van der Waals surface area contributed by atoms with Crippen LogP contribution < -0.4 is 10.6 Å². The zero-order valence-electron chi connectivity index (χ0n) is 18.7. The first-order valence-electron chi connectivity index (χ1n) is 10.4. The van der Waals surface area contributed by atoms with E-state index in [0.29, 0.717) is 12.1 Å². The van der Waals surface area contributed by atoms with Gasteiger partial charge in [0.05, 0.1) is 6.54 Å². The van der Waals surface area contributed by atoms with Gasteiger partial charge in [0.1, 0.15) is 0 Å². The number of guanidine groups is 1. The molecule has 1 aliphatic rings. The number of hydrogen-bond donors (Lipinski definition) is 2. The van der Waals surface area contributed by atoms with Crippen LogP contribution in [0.5, 0.6) is 0 Å². The van der Waals surface area contributed by atoms with Gasteiger partial charge >= 0.3 is 0 Å². The minimum atomic E-state index is 0. The molecule has 0 atom stereocenters. The Morgan fingerprint density at radius 1 is 1.07 bits per heavy atom. The van der Waals surface area contributed by atoms with Gasteiger partial charge in [-0.1, -0.05) is 0 Å². The zero-order valence-corrected chi connectivity index (χ0v) is 21.0. The molecule has 0 spiro atoms. The minimum absolute atomic E-state index is 0. The van der Waals surface area contributed by atoms with Crippen molar-refractivity contribution in [2.45, 2.75) is 71.5 Å². The molecule has 0 aromatic carbocycles. The van der Waals surface area contributed by atoms with E-state index in [4.69, 9.17) is 9.73 Å². The second kappa shape index (κ2) is 14.0. The van der Waals surface area contributed by atoms with E-state index in [0.717, 1.165) is 64.6 Å². The molecule has 0 bridgehead atoms. The summed E-state index contributed by atoms with van der Waals surface area (Å²) in [4.78, 5) is 9.76. The molecule has 0 aromatic heterocycles. The van der Waals surface area contributed by atoms with Gasteiger partial charge in [0.2, 0.25) is 0 Å². The molecule has 1 saturated heterocycles. The Morgan fingerprint density at radius 3 is 2.15 bits per heavy atom. The van der Waals surface area contributed by atoms with Crippen molar-refractivity contribution in [1.82, 2.24) is 20.4 Å². The van der Waals surface area contributed by atoms with E-state index in [1.54, 1.807) is 0 Å². The van der Waals surface area contributed by atoms with Crippen LogP contribution in [-0.4, -0.2) is 86.9 Å². The summed E-state index contributed by atoms with van der Waals surface area (Å²) in [6.45, 7) is 16.6. The Morgan fingerprint density at radius 2 is 1.67 bits per heavy atom. The highest BCUT2D eigenvalue weighted by Gasteiger charge is 2.34. The molecular formula is C20H44IN5O. The Hall–Kier alpha value is -0.120. The Balaban J connectivity index is 0.00000676. The van der Waals surface area contributed by atoms with Gasteiger partial charge in [0.25, 0.3) is 0 Å². The van der Waals surface area contributed by atoms with Crippen LogP contribution in [0.1, 0.15) is 53.9 Å². The zero-order chi connectivity index (χ0) is 19.6. The molecule has 1 aliphatic heterocycles. The molecule has 0 aliphatic carbocycles. The maximum atomic E-state index is 5.56. The van der Waals surface area contributed by atoms with Crippen LogP contribution in [0.4, 0.5) is 0 Å². The number of likely N-dealkylation sites (N-methyl/N-ethyl adjacent to an activating group) is 1. The smallest absolute Gasteiger partial charge is 0.191 e. The van der Waals surface area contributed by atoms with Gasteiger partial charge < -0.3 is 20.3 Å². The first-order chi connectivity index (χ1) is 12.3. The molecule has 0 unspecified atom stereocenters. The normalized spacial score (nSPS) is 17.5. The molecule has 1 heterocycles. The van der Waals surface area contributed by atoms with Crippen LogP contribution in [0, 0.1) is 0 Å². The van der Waals surface area contributed by atoms with E-state index in [1.807, 2.05) is 0 Å². The maximum Gasteiger partial charge on any atom is 0.191 e. The van der Waals surface area contributed by atoms with E-state index in [-0.39, 0.29) is 29.5 Å². The van der Waals surface area contributed by atoms with E-state index in [2.05, 4.69) is 69.1 Å². The molecule has 0 amide bonds. The van der Waals surface area contributed by atoms with Crippen molar-refractivity contribution in [3.8, 4) is 0 Å². The first kappa shape index (κ1) is 26.9. The Kier molecular flexibility index (Phi) is 13.9. The van der Waals surface area contributed by atoms with Crippen molar-refractivity contribution in [2.24, 2.45) is 4.99 Å². The third-order valence-electron chi connectivity index (χ3n) is 5.46. The standard InChI is InChI=1S/C20H43N5O.HI/c1-8-21-19(22-12-9-13-25(17(2)3)18(4)5)23-16-20(24(6)7)10-14-26-15-11-20;/h17-18H,8-16H2,1-7H3,(H2,21,22,23);1H. The summed E-state index contributed by atoms with van der Waals surface area (Å²) in [6.07, 6.45) is 3.20. The highest BCUT2D eigenvalue weighted by atomic mass is 127. The third-order valence-corrected chi connectivity index (χ3v) is 5.46. The molecule has 162 valence electrons. The predicted octanol–water partition coefficient (Wildman–Crippen LogP) is 2.78. The van der Waals surface area contributed by atoms with Gasteiger partial charge in [-0.15, -0.1) is 24.0 Å². The number of nitrogens with zero attached hydrogens (tertiary/aromatic N) is 3. The van der Waals surface area contributed by atoms with Gasteiger partial charge in [-0.25, -0.2) is 0 Å². The molecule has 1 rings (SSSR count). The SMILES string of the molecule is CCNC(=NCC1(N(C)C)CCOCC1)NCCCN(C(C)C)C(C)C.I. The summed E-state index contributed by atoms with van der Waals surface area (Å²) in [5.41, 5.74) is 0.118. The molecule has 0 aromatic rings. The largest absolute Gasteiger partial charge is 0.381 e. The predicted molar refractivity (Wildman–Crippen MR) is 127 cm³/mol. The number of ether oxygens (including phenoxy) is 1. The van der Waals surface area contributed by atoms with Gasteiger partial charge in [0, 0.05) is 50.5 Å². The summed E-state index contributed by atoms with van der Waals surface area (Å²) in [7, 11) is 4.32. The fourth-order valence-corrected chi connectivity index (χ4v) is 3.65. The first-order valence-corrected chi connectivity index (χ1v) is 10.4. The molecule has 0 saturated carbocycles. The minimum Gasteiger partial charge on any atom is -0.381 e. The molecule has 2 N–H and O–H groups in total. The van der Waals surface area contributed by atoms with Crippen molar-refractivity contribution in [1.29, 1.82) is 0 Å². The molecule has 7 heteroatoms. The topological polar surface area (TPSA) is 52.1 Å². The average Bonchev–Trinajstić information content (AvgIpc) is 2.59. The van der Waals surface area contributed by atoms with Crippen LogP contribution in [0.3, 0.4) is 0 Å². The molecule has 27 heavy (non-hydrogen) atoms. The summed E-state index contributed by atoms with van der Waals surface area (Å²) >= 11 is 0. The van der Waals surface area contributed by atoms with Crippen LogP contribution >= 0.6 is 24.0 Å². The van der Waals surface area contributed by atoms with Crippen LogP contribution in [0.15, 0.2) is 4.99 Å². The number of rotatable bonds is 10. The van der Waals surface area contributed by atoms with Gasteiger partial charge in [-0.3, -0.25) is 9.89 Å². The van der Waals surface area contributed by atoms with Crippen molar-refractivity contribution < 1.29 is 4.74 Å². The quantitative estimate of drug-likeness (QED) is 0.211. The number of nitrogens with one attached hydrogen (secondary N) is 2. The number of aliphatic imine (C=N–C) groups is 1. The van der Waals surface area contributed by atoms with Crippen LogP contribution in [0.25, 0.3) is 0 Å². The van der Waals surface area contributed by atoms with Gasteiger partial charge in [-0.05, 0) is 68.0 Å². The van der Waals surface area contributed by atoms with E-state index < -0.39 is 0 Å². The summed E-state index contributed by atoms with van der Waals surface area (Å²) in [5, 5.41) is 6.90. The van der Waals surface area contributed by atoms with Crippen LogP contribution in [-0.2, 0) is 4.74 Å². The van der Waals surface area contributed by atoms with Crippen molar-refractivity contribution in [2.75, 3.05) is 53.5 Å². The fourth-order valence-electron chi connectivity index (χ4n) is 3.65.